The molecular formula is C19H13F3N6O. The normalized spacial score (nSPS) is 11.6. The van der Waals surface area contributed by atoms with E-state index >= 15 is 0 Å². The molecule has 146 valence electrons. The lowest BCUT2D eigenvalue weighted by Crippen LogP contribution is -2.19. The van der Waals surface area contributed by atoms with Crippen molar-refractivity contribution in [2.24, 2.45) is 0 Å². The number of amides is 1. The summed E-state index contributed by atoms with van der Waals surface area (Å²) in [6, 6.07) is 8.28. The van der Waals surface area contributed by atoms with E-state index in [1.807, 2.05) is 0 Å². The van der Waals surface area contributed by atoms with Gasteiger partial charge in [-0.2, -0.15) is 18.2 Å². The fourth-order valence-corrected chi connectivity index (χ4v) is 2.81. The highest BCUT2D eigenvalue weighted by Gasteiger charge is 2.33. The first-order valence-electron chi connectivity index (χ1n) is 8.45. The van der Waals surface area contributed by atoms with Crippen LogP contribution in [0.3, 0.4) is 0 Å². The van der Waals surface area contributed by atoms with Crippen LogP contribution in [-0.4, -0.2) is 30.5 Å². The van der Waals surface area contributed by atoms with Crippen LogP contribution in [0.5, 0.6) is 0 Å². The fraction of sp³-hybridized carbons (Fsp3) is 0.105. The number of aryl methyl sites for hydroxylation is 1. The van der Waals surface area contributed by atoms with Crippen LogP contribution in [0.25, 0.3) is 17.2 Å². The molecule has 3 aromatic heterocycles. The van der Waals surface area contributed by atoms with Gasteiger partial charge in [0.25, 0.3) is 11.7 Å². The maximum atomic E-state index is 13.2. The van der Waals surface area contributed by atoms with Gasteiger partial charge >= 0.3 is 6.18 Å². The summed E-state index contributed by atoms with van der Waals surface area (Å²) in [5.41, 5.74) is -0.127. The second kappa shape index (κ2) is 6.97. The Morgan fingerprint density at radius 3 is 2.62 bits per heavy atom. The molecule has 0 aliphatic rings. The summed E-state index contributed by atoms with van der Waals surface area (Å²) in [5, 5.41) is 6.64. The molecule has 1 aromatic carbocycles. The Kier molecular flexibility index (Phi) is 4.45. The molecule has 10 heteroatoms. The number of pyridine rings is 1. The first-order chi connectivity index (χ1) is 13.8. The van der Waals surface area contributed by atoms with E-state index in [4.69, 9.17) is 0 Å². The molecule has 0 spiro atoms. The topological polar surface area (TPSA) is 85.1 Å². The maximum Gasteiger partial charge on any atom is 0.418 e. The molecule has 0 atom stereocenters. The van der Waals surface area contributed by atoms with Gasteiger partial charge in [-0.15, -0.1) is 5.10 Å². The maximum absolute atomic E-state index is 13.2. The van der Waals surface area contributed by atoms with Crippen LogP contribution in [0.2, 0.25) is 0 Å². The third-order valence-corrected chi connectivity index (χ3v) is 4.25. The van der Waals surface area contributed by atoms with E-state index in [-0.39, 0.29) is 17.0 Å². The van der Waals surface area contributed by atoms with E-state index in [0.717, 1.165) is 6.07 Å². The number of halogens is 3. The van der Waals surface area contributed by atoms with Crippen molar-refractivity contribution in [3.05, 3.63) is 71.8 Å². The van der Waals surface area contributed by atoms with E-state index in [9.17, 15) is 18.0 Å². The smallest absolute Gasteiger partial charge is 0.321 e. The molecule has 7 nitrogen and oxygen atoms in total. The molecule has 0 saturated carbocycles. The number of aromatic nitrogens is 5. The van der Waals surface area contributed by atoms with Gasteiger partial charge in [0.15, 0.2) is 5.82 Å². The number of hydrogen-bond acceptors (Lipinski definition) is 5. The average Bonchev–Trinajstić information content (AvgIpc) is 3.14. The van der Waals surface area contributed by atoms with Crippen LogP contribution in [0.4, 0.5) is 18.9 Å². The van der Waals surface area contributed by atoms with Crippen LogP contribution >= 0.6 is 0 Å². The van der Waals surface area contributed by atoms with Gasteiger partial charge in [-0.25, -0.2) is 9.50 Å². The zero-order valence-corrected chi connectivity index (χ0v) is 15.0. The van der Waals surface area contributed by atoms with Crippen molar-refractivity contribution in [2.75, 3.05) is 5.32 Å². The Hall–Kier alpha value is -3.82. The summed E-state index contributed by atoms with van der Waals surface area (Å²) >= 11 is 0. The summed E-state index contributed by atoms with van der Waals surface area (Å²) in [5.74, 6) is -0.103. The largest absolute Gasteiger partial charge is 0.418 e. The van der Waals surface area contributed by atoms with E-state index in [1.54, 1.807) is 31.5 Å². The number of carbonyl (C=O) groups is 1. The van der Waals surface area contributed by atoms with Gasteiger partial charge in [-0.1, -0.05) is 12.1 Å². The molecule has 29 heavy (non-hydrogen) atoms. The number of nitrogens with zero attached hydrogens (tertiary/aromatic N) is 5. The first kappa shape index (κ1) is 18.5. The second-order valence-electron chi connectivity index (χ2n) is 6.14. The summed E-state index contributed by atoms with van der Waals surface area (Å²) in [6.45, 7) is 1.61. The summed E-state index contributed by atoms with van der Waals surface area (Å²) in [4.78, 5) is 25.1. The predicted molar refractivity (Wildman–Crippen MR) is 98.1 cm³/mol. The van der Waals surface area contributed by atoms with Gasteiger partial charge in [0.05, 0.1) is 22.5 Å². The lowest BCUT2D eigenvalue weighted by Gasteiger charge is -2.14. The SMILES string of the molecule is Cc1c(C(=O)Nc2ccccc2C(F)(F)F)cnc2nc(-c3cccnc3)nn12. The van der Waals surface area contributed by atoms with E-state index < -0.39 is 17.6 Å². The minimum atomic E-state index is -4.59. The van der Waals surface area contributed by atoms with Crippen molar-refractivity contribution < 1.29 is 18.0 Å². The van der Waals surface area contributed by atoms with Crippen LogP contribution in [-0.2, 0) is 6.18 Å². The van der Waals surface area contributed by atoms with Gasteiger partial charge in [-0.3, -0.25) is 9.78 Å². The highest BCUT2D eigenvalue weighted by molar-refractivity contribution is 6.05. The molecule has 0 unspecified atom stereocenters. The van der Waals surface area contributed by atoms with Crippen LogP contribution < -0.4 is 5.32 Å². The van der Waals surface area contributed by atoms with E-state index in [2.05, 4.69) is 25.4 Å². The Bertz CT molecular complexity index is 1200. The predicted octanol–water partition coefficient (Wildman–Crippen LogP) is 3.77. The average molecular weight is 398 g/mol. The molecule has 1 amide bonds. The van der Waals surface area contributed by atoms with E-state index in [0.29, 0.717) is 17.1 Å². The lowest BCUT2D eigenvalue weighted by atomic mass is 10.1. The Labute approximate surface area is 162 Å². The molecule has 0 saturated heterocycles. The van der Waals surface area contributed by atoms with Crippen molar-refractivity contribution in [3.63, 3.8) is 0 Å². The monoisotopic (exact) mass is 398 g/mol. The summed E-state index contributed by atoms with van der Waals surface area (Å²) in [6.07, 6.45) is -0.126. The van der Waals surface area contributed by atoms with Crippen LogP contribution in [0.15, 0.2) is 55.0 Å². The molecular weight excluding hydrogens is 385 g/mol. The highest BCUT2D eigenvalue weighted by Crippen LogP contribution is 2.34. The van der Waals surface area contributed by atoms with Crippen molar-refractivity contribution >= 4 is 17.4 Å². The number of nitrogens with one attached hydrogen (secondary N) is 1. The van der Waals surface area contributed by atoms with Gasteiger partial charge < -0.3 is 5.32 Å². The zero-order valence-electron chi connectivity index (χ0n) is 15.0. The van der Waals surface area contributed by atoms with Crippen LogP contribution in [0, 0.1) is 6.92 Å². The zero-order chi connectivity index (χ0) is 20.6. The van der Waals surface area contributed by atoms with Gasteiger partial charge in [0.2, 0.25) is 0 Å². The Morgan fingerprint density at radius 2 is 1.90 bits per heavy atom. The molecule has 0 fully saturated rings. The number of para-hydroxylation sites is 1. The number of rotatable bonds is 3. The van der Waals surface area contributed by atoms with Crippen molar-refractivity contribution in [1.82, 2.24) is 24.6 Å². The number of benzene rings is 1. The first-order valence-corrected chi connectivity index (χ1v) is 8.45. The molecule has 4 aromatic rings. The number of hydrogen-bond donors (Lipinski definition) is 1. The third-order valence-electron chi connectivity index (χ3n) is 4.25. The van der Waals surface area contributed by atoms with Crippen molar-refractivity contribution in [2.45, 2.75) is 13.1 Å². The Morgan fingerprint density at radius 1 is 1.10 bits per heavy atom. The molecule has 0 aliphatic carbocycles. The molecule has 1 N–H and O–H groups in total. The highest BCUT2D eigenvalue weighted by atomic mass is 19.4. The quantitative estimate of drug-likeness (QED) is 0.568. The third kappa shape index (κ3) is 3.51. The lowest BCUT2D eigenvalue weighted by molar-refractivity contribution is -0.136. The number of alkyl halides is 3. The number of carbonyl (C=O) groups excluding carboxylic acids is 1. The fourth-order valence-electron chi connectivity index (χ4n) is 2.81. The Balaban J connectivity index is 1.70. The van der Waals surface area contributed by atoms with Gasteiger partial charge in [-0.05, 0) is 31.2 Å². The molecule has 0 radical (unpaired) electrons. The second-order valence-corrected chi connectivity index (χ2v) is 6.14. The van der Waals surface area contributed by atoms with E-state index in [1.165, 1.54) is 28.9 Å². The molecule has 3 heterocycles. The van der Waals surface area contributed by atoms with Crippen molar-refractivity contribution in [1.29, 1.82) is 0 Å². The number of anilines is 1. The van der Waals surface area contributed by atoms with Crippen molar-refractivity contribution in [3.8, 4) is 11.4 Å². The van der Waals surface area contributed by atoms with Crippen LogP contribution in [0.1, 0.15) is 21.6 Å². The molecule has 0 bridgehead atoms. The molecule has 4 rings (SSSR count). The summed E-state index contributed by atoms with van der Waals surface area (Å²) < 4.78 is 40.9. The minimum absolute atomic E-state index is 0.0807. The summed E-state index contributed by atoms with van der Waals surface area (Å²) in [7, 11) is 0. The van der Waals surface area contributed by atoms with Gasteiger partial charge in [0, 0.05) is 24.2 Å². The number of fused-ring (bicyclic) bond motifs is 1. The standard InChI is InChI=1S/C19H13F3N6O/c1-11-13(17(29)25-15-7-3-2-6-14(15)19(20,21)22)10-24-18-26-16(27-28(11)18)12-5-4-8-23-9-12/h2-10H,1H3,(H,25,29). The molecule has 0 aliphatic heterocycles. The minimum Gasteiger partial charge on any atom is -0.321 e. The van der Waals surface area contributed by atoms with Gasteiger partial charge in [0.1, 0.15) is 0 Å².